The molecule has 2 aliphatic rings. The van der Waals surface area contributed by atoms with Crippen LogP contribution in [0.5, 0.6) is 0 Å². The molecule has 1 aliphatic heterocycles. The van der Waals surface area contributed by atoms with Crippen molar-refractivity contribution >= 4 is 17.7 Å². The van der Waals surface area contributed by atoms with E-state index in [1.54, 1.807) is 24.1 Å². The molecule has 3 amide bonds. The van der Waals surface area contributed by atoms with Crippen molar-refractivity contribution in [3.63, 3.8) is 0 Å². The van der Waals surface area contributed by atoms with E-state index in [9.17, 15) is 23.2 Å². The zero-order valence-electron chi connectivity index (χ0n) is 17.2. The Bertz CT molecular complexity index is 811. The maximum absolute atomic E-state index is 13.5. The molecule has 1 aromatic carbocycles. The summed E-state index contributed by atoms with van der Waals surface area (Å²) in [6.07, 6.45) is 0.539. The number of alkyl halides is 2. The molecule has 3 rings (SSSR count). The van der Waals surface area contributed by atoms with Gasteiger partial charge in [0.05, 0.1) is 0 Å². The topological polar surface area (TPSA) is 69.7 Å². The van der Waals surface area contributed by atoms with Crippen LogP contribution in [0, 0.1) is 5.92 Å². The Hall–Kier alpha value is -2.51. The first-order valence-electron chi connectivity index (χ1n) is 9.80. The van der Waals surface area contributed by atoms with Crippen LogP contribution < -0.4 is 5.32 Å². The largest absolute Gasteiger partial charge is 0.359 e. The van der Waals surface area contributed by atoms with Gasteiger partial charge in [-0.2, -0.15) is 0 Å². The van der Waals surface area contributed by atoms with Crippen LogP contribution in [-0.4, -0.2) is 52.7 Å². The van der Waals surface area contributed by atoms with E-state index in [1.807, 2.05) is 13.8 Å². The third kappa shape index (κ3) is 3.72. The second kappa shape index (κ2) is 7.39. The Morgan fingerprint density at radius 2 is 1.83 bits per heavy atom. The van der Waals surface area contributed by atoms with Gasteiger partial charge in [-0.1, -0.05) is 24.3 Å². The standard InChI is InChI=1S/C21H27F2N3O3/c1-13(2)25-12-17(27)26(11-14-5-7-16(8-6-14)20(3,22)23)21(19(25)29)9-15(10-21)18(28)24-4/h5-8,13,15H,9-12H2,1-4H3,(H,24,28). The summed E-state index contributed by atoms with van der Waals surface area (Å²) in [5.41, 5.74) is -0.490. The van der Waals surface area contributed by atoms with Gasteiger partial charge in [-0.05, 0) is 32.3 Å². The van der Waals surface area contributed by atoms with Crippen molar-refractivity contribution in [2.45, 2.75) is 57.7 Å². The summed E-state index contributed by atoms with van der Waals surface area (Å²) in [4.78, 5) is 41.3. The summed E-state index contributed by atoms with van der Waals surface area (Å²) < 4.78 is 26.9. The molecular formula is C21H27F2N3O3. The molecule has 0 bridgehead atoms. The number of carbonyl (C=O) groups excluding carboxylic acids is 3. The molecule has 0 unspecified atom stereocenters. The number of hydrogen-bond acceptors (Lipinski definition) is 3. The average Bonchev–Trinajstić information content (AvgIpc) is 2.62. The molecule has 1 aromatic rings. The highest BCUT2D eigenvalue weighted by Gasteiger charge is 2.61. The third-order valence-corrected chi connectivity index (χ3v) is 5.99. The van der Waals surface area contributed by atoms with Crippen LogP contribution in [0.15, 0.2) is 24.3 Å². The number of benzene rings is 1. The lowest BCUT2D eigenvalue weighted by Gasteiger charge is -2.57. The first-order chi connectivity index (χ1) is 13.5. The maximum Gasteiger partial charge on any atom is 0.270 e. The van der Waals surface area contributed by atoms with Crippen molar-refractivity contribution in [1.82, 2.24) is 15.1 Å². The molecule has 29 heavy (non-hydrogen) atoms. The van der Waals surface area contributed by atoms with Crippen molar-refractivity contribution in [3.8, 4) is 0 Å². The van der Waals surface area contributed by atoms with Crippen molar-refractivity contribution in [2.24, 2.45) is 5.92 Å². The summed E-state index contributed by atoms with van der Waals surface area (Å²) in [5.74, 6) is -3.76. The highest BCUT2D eigenvalue weighted by Crippen LogP contribution is 2.47. The molecule has 1 aliphatic carbocycles. The van der Waals surface area contributed by atoms with Gasteiger partial charge in [0.1, 0.15) is 12.1 Å². The monoisotopic (exact) mass is 407 g/mol. The number of nitrogens with zero attached hydrogens (tertiary/aromatic N) is 2. The Morgan fingerprint density at radius 3 is 2.31 bits per heavy atom. The normalized spacial score (nSPS) is 24.9. The van der Waals surface area contributed by atoms with Gasteiger partial charge >= 0.3 is 0 Å². The lowest BCUT2D eigenvalue weighted by Crippen LogP contribution is -2.74. The van der Waals surface area contributed by atoms with E-state index in [1.165, 1.54) is 17.0 Å². The van der Waals surface area contributed by atoms with Crippen LogP contribution in [0.4, 0.5) is 8.78 Å². The summed E-state index contributed by atoms with van der Waals surface area (Å²) in [6.45, 7) is 4.67. The second-order valence-corrected chi connectivity index (χ2v) is 8.34. The summed E-state index contributed by atoms with van der Waals surface area (Å²) >= 11 is 0. The number of hydrogen-bond donors (Lipinski definition) is 1. The SMILES string of the molecule is CNC(=O)C1CC2(C1)C(=O)N(C(C)C)CC(=O)N2Cc1ccc(C(C)(F)F)cc1. The van der Waals surface area contributed by atoms with Gasteiger partial charge in [-0.3, -0.25) is 14.4 Å². The van der Waals surface area contributed by atoms with Gasteiger partial charge in [0.15, 0.2) is 0 Å². The number of nitrogens with one attached hydrogen (secondary N) is 1. The van der Waals surface area contributed by atoms with E-state index < -0.39 is 11.5 Å². The zero-order valence-corrected chi connectivity index (χ0v) is 17.2. The molecular weight excluding hydrogens is 380 g/mol. The van der Waals surface area contributed by atoms with Gasteiger partial charge < -0.3 is 15.1 Å². The fourth-order valence-electron chi connectivity index (χ4n) is 4.21. The van der Waals surface area contributed by atoms with Crippen LogP contribution in [0.3, 0.4) is 0 Å². The van der Waals surface area contributed by atoms with Gasteiger partial charge in [-0.15, -0.1) is 0 Å². The molecule has 1 N–H and O–H groups in total. The predicted octanol–water partition coefficient (Wildman–Crippen LogP) is 2.27. The Kier molecular flexibility index (Phi) is 5.40. The van der Waals surface area contributed by atoms with Crippen LogP contribution in [0.1, 0.15) is 44.7 Å². The lowest BCUT2D eigenvalue weighted by molar-refractivity contribution is -0.180. The van der Waals surface area contributed by atoms with Crippen LogP contribution in [0.25, 0.3) is 0 Å². The molecule has 1 spiro atoms. The van der Waals surface area contributed by atoms with Gasteiger partial charge in [0, 0.05) is 38.0 Å². The maximum atomic E-state index is 13.5. The molecule has 1 saturated heterocycles. The molecule has 158 valence electrons. The first-order valence-corrected chi connectivity index (χ1v) is 9.80. The molecule has 8 heteroatoms. The fraction of sp³-hybridized carbons (Fsp3) is 0.571. The van der Waals surface area contributed by atoms with Gasteiger partial charge in [0.25, 0.3) is 5.92 Å². The van der Waals surface area contributed by atoms with E-state index in [0.29, 0.717) is 5.56 Å². The van der Waals surface area contributed by atoms with Gasteiger partial charge in [0.2, 0.25) is 17.7 Å². The van der Waals surface area contributed by atoms with Crippen molar-refractivity contribution in [1.29, 1.82) is 0 Å². The number of rotatable bonds is 5. The summed E-state index contributed by atoms with van der Waals surface area (Å²) in [7, 11) is 1.55. The van der Waals surface area contributed by atoms with Crippen molar-refractivity contribution < 1.29 is 23.2 Å². The van der Waals surface area contributed by atoms with Crippen molar-refractivity contribution in [3.05, 3.63) is 35.4 Å². The molecule has 2 fully saturated rings. The van der Waals surface area contributed by atoms with Gasteiger partial charge in [-0.25, -0.2) is 8.78 Å². The van der Waals surface area contributed by atoms with E-state index >= 15 is 0 Å². The minimum atomic E-state index is -2.94. The zero-order chi connectivity index (χ0) is 21.6. The molecule has 0 atom stereocenters. The molecule has 0 radical (unpaired) electrons. The number of amides is 3. The van der Waals surface area contributed by atoms with Crippen molar-refractivity contribution in [2.75, 3.05) is 13.6 Å². The van der Waals surface area contributed by atoms with E-state index in [-0.39, 0.29) is 61.2 Å². The minimum absolute atomic E-state index is 0.0198. The highest BCUT2D eigenvalue weighted by atomic mass is 19.3. The highest BCUT2D eigenvalue weighted by molar-refractivity contribution is 6.00. The summed E-state index contributed by atoms with van der Waals surface area (Å²) in [6, 6.07) is 5.67. The number of carbonyl (C=O) groups is 3. The fourth-order valence-corrected chi connectivity index (χ4v) is 4.21. The average molecular weight is 407 g/mol. The molecule has 6 nitrogen and oxygen atoms in total. The second-order valence-electron chi connectivity index (χ2n) is 8.34. The smallest absolute Gasteiger partial charge is 0.270 e. The van der Waals surface area contributed by atoms with Crippen LogP contribution in [-0.2, 0) is 26.9 Å². The minimum Gasteiger partial charge on any atom is -0.359 e. The number of halogens is 2. The summed E-state index contributed by atoms with van der Waals surface area (Å²) in [5, 5.41) is 2.60. The molecule has 1 saturated carbocycles. The Labute approximate surface area is 169 Å². The Morgan fingerprint density at radius 1 is 1.24 bits per heavy atom. The van der Waals surface area contributed by atoms with E-state index in [4.69, 9.17) is 0 Å². The first kappa shape index (κ1) is 21.2. The van der Waals surface area contributed by atoms with Crippen LogP contribution in [0.2, 0.25) is 0 Å². The van der Waals surface area contributed by atoms with E-state index in [2.05, 4.69) is 5.32 Å². The Balaban J connectivity index is 1.88. The third-order valence-electron chi connectivity index (χ3n) is 5.99. The predicted molar refractivity (Wildman–Crippen MR) is 103 cm³/mol. The van der Waals surface area contributed by atoms with Crippen LogP contribution >= 0.6 is 0 Å². The quantitative estimate of drug-likeness (QED) is 0.814. The lowest BCUT2D eigenvalue weighted by atomic mass is 9.64. The molecule has 1 heterocycles. The number of piperazine rings is 1. The molecule has 0 aromatic heterocycles. The van der Waals surface area contributed by atoms with E-state index in [0.717, 1.165) is 6.92 Å².